The number of hydrogen-bond acceptors (Lipinski definition) is 0. The third-order valence-electron chi connectivity index (χ3n) is 1.34. The Kier molecular flexibility index (Phi) is 4.16. The normalized spacial score (nSPS) is 13.3. The van der Waals surface area contributed by atoms with Crippen molar-refractivity contribution in [1.82, 2.24) is 0 Å². The molecular formula is C12H8. The molecule has 0 heteroatoms. The molecule has 0 aromatic rings. The molecule has 0 spiro atoms. The van der Waals surface area contributed by atoms with Crippen molar-refractivity contribution < 1.29 is 0 Å². The van der Waals surface area contributed by atoms with Crippen molar-refractivity contribution in [2.45, 2.75) is 25.7 Å². The molecule has 0 amide bonds. The van der Waals surface area contributed by atoms with Crippen LogP contribution in [-0.4, -0.2) is 0 Å². The van der Waals surface area contributed by atoms with Crippen LogP contribution in [0.3, 0.4) is 0 Å². The van der Waals surface area contributed by atoms with Crippen molar-refractivity contribution in [3.8, 4) is 47.4 Å². The van der Waals surface area contributed by atoms with Gasteiger partial charge in [0.1, 0.15) is 0 Å². The largest absolute Gasteiger partial charge is 0.0891 e. The van der Waals surface area contributed by atoms with E-state index in [4.69, 9.17) is 0 Å². The van der Waals surface area contributed by atoms with Gasteiger partial charge >= 0.3 is 0 Å². The lowest BCUT2D eigenvalue weighted by molar-refractivity contribution is 0.782. The fraction of sp³-hybridized carbons (Fsp3) is 0.333. The predicted octanol–water partition coefficient (Wildman–Crippen LogP) is 1.57. The predicted molar refractivity (Wildman–Crippen MR) is 49.6 cm³/mol. The Bertz CT molecular complexity index is 329. The van der Waals surface area contributed by atoms with Crippen molar-refractivity contribution in [3.63, 3.8) is 0 Å². The van der Waals surface area contributed by atoms with E-state index in [1.54, 1.807) is 0 Å². The Labute approximate surface area is 73.7 Å². The zero-order valence-electron chi connectivity index (χ0n) is 6.83. The molecule has 0 atom stereocenters. The minimum Gasteiger partial charge on any atom is -0.0891 e. The summed E-state index contributed by atoms with van der Waals surface area (Å²) in [5.41, 5.74) is 0. The third-order valence-corrected chi connectivity index (χ3v) is 1.34. The molecule has 0 bridgehead atoms. The van der Waals surface area contributed by atoms with Gasteiger partial charge in [0, 0.05) is 12.8 Å². The molecule has 1 aliphatic carbocycles. The first-order valence-corrected chi connectivity index (χ1v) is 3.96. The molecule has 0 N–H and O–H groups in total. The van der Waals surface area contributed by atoms with E-state index >= 15 is 0 Å². The standard InChI is InChI=1S/C12H8/c1-2-4-6-8-10-12-11-9-7-5-3-1/h1-4H2. The highest BCUT2D eigenvalue weighted by molar-refractivity contribution is 5.40. The molecular weight excluding hydrogens is 144 g/mol. The van der Waals surface area contributed by atoms with Crippen LogP contribution in [0, 0.1) is 47.4 Å². The molecule has 0 aliphatic heterocycles. The highest BCUT2D eigenvalue weighted by Crippen LogP contribution is 1.96. The van der Waals surface area contributed by atoms with Crippen molar-refractivity contribution in [3.05, 3.63) is 0 Å². The molecule has 0 aromatic carbocycles. The average Bonchev–Trinajstić information content (AvgIpc) is 2.05. The first-order valence-electron chi connectivity index (χ1n) is 3.96. The van der Waals surface area contributed by atoms with Crippen LogP contribution in [-0.2, 0) is 0 Å². The lowest BCUT2D eigenvalue weighted by Crippen LogP contribution is -1.73. The zero-order chi connectivity index (χ0) is 8.49. The molecule has 0 nitrogen and oxygen atoms in total. The Morgan fingerprint density at radius 3 is 1.42 bits per heavy atom. The van der Waals surface area contributed by atoms with E-state index in [2.05, 4.69) is 47.4 Å². The van der Waals surface area contributed by atoms with Gasteiger partial charge in [-0.05, 0) is 48.4 Å². The first kappa shape index (κ1) is 8.34. The van der Waals surface area contributed by atoms with Gasteiger partial charge in [0.15, 0.2) is 0 Å². The van der Waals surface area contributed by atoms with E-state index in [1.165, 1.54) is 0 Å². The van der Waals surface area contributed by atoms with E-state index < -0.39 is 0 Å². The van der Waals surface area contributed by atoms with Gasteiger partial charge in [0.25, 0.3) is 0 Å². The third kappa shape index (κ3) is 4.12. The molecule has 0 saturated carbocycles. The number of hydrogen-bond donors (Lipinski definition) is 0. The Hall–Kier alpha value is -1.76. The maximum atomic E-state index is 2.96. The van der Waals surface area contributed by atoms with Crippen LogP contribution in [0.15, 0.2) is 0 Å². The van der Waals surface area contributed by atoms with Crippen LogP contribution in [0.1, 0.15) is 25.7 Å². The van der Waals surface area contributed by atoms with E-state index in [9.17, 15) is 0 Å². The molecule has 1 rings (SSSR count). The molecule has 0 saturated heterocycles. The van der Waals surface area contributed by atoms with Crippen LogP contribution >= 0.6 is 0 Å². The van der Waals surface area contributed by atoms with E-state index in [0.29, 0.717) is 0 Å². The van der Waals surface area contributed by atoms with Crippen LogP contribution in [0.5, 0.6) is 0 Å². The van der Waals surface area contributed by atoms with Crippen molar-refractivity contribution in [2.75, 3.05) is 0 Å². The highest BCUT2D eigenvalue weighted by Gasteiger charge is 1.82. The molecule has 12 heavy (non-hydrogen) atoms. The maximum absolute atomic E-state index is 2.96. The Morgan fingerprint density at radius 1 is 0.500 bits per heavy atom. The van der Waals surface area contributed by atoms with Crippen molar-refractivity contribution in [2.24, 2.45) is 0 Å². The van der Waals surface area contributed by atoms with Gasteiger partial charge in [-0.3, -0.25) is 0 Å². The van der Waals surface area contributed by atoms with E-state index in [0.717, 1.165) is 25.7 Å². The maximum Gasteiger partial charge on any atom is 0.00992 e. The lowest BCUT2D eigenvalue weighted by Gasteiger charge is -1.87. The summed E-state index contributed by atoms with van der Waals surface area (Å²) in [6.07, 6.45) is 4.06. The van der Waals surface area contributed by atoms with Gasteiger partial charge < -0.3 is 0 Å². The van der Waals surface area contributed by atoms with Gasteiger partial charge in [-0.25, -0.2) is 0 Å². The van der Waals surface area contributed by atoms with Crippen molar-refractivity contribution >= 4 is 0 Å². The van der Waals surface area contributed by atoms with Crippen LogP contribution in [0.4, 0.5) is 0 Å². The fourth-order valence-corrected chi connectivity index (χ4v) is 0.765. The van der Waals surface area contributed by atoms with Crippen LogP contribution in [0.2, 0.25) is 0 Å². The fourth-order valence-electron chi connectivity index (χ4n) is 0.765. The second-order valence-electron chi connectivity index (χ2n) is 2.31. The summed E-state index contributed by atoms with van der Waals surface area (Å²) in [5, 5.41) is 0. The summed E-state index contributed by atoms with van der Waals surface area (Å²) in [5.74, 6) is 21.9. The van der Waals surface area contributed by atoms with Crippen LogP contribution in [0.25, 0.3) is 0 Å². The molecule has 0 unspecified atom stereocenters. The first-order chi connectivity index (χ1) is 6.00. The summed E-state index contributed by atoms with van der Waals surface area (Å²) in [6.45, 7) is 0. The second kappa shape index (κ2) is 5.98. The Balaban J connectivity index is 2.64. The molecule has 0 radical (unpaired) electrons. The second-order valence-corrected chi connectivity index (χ2v) is 2.31. The quantitative estimate of drug-likeness (QED) is 0.462. The van der Waals surface area contributed by atoms with Crippen molar-refractivity contribution in [1.29, 1.82) is 0 Å². The zero-order valence-corrected chi connectivity index (χ0v) is 6.83. The summed E-state index contributed by atoms with van der Waals surface area (Å²) in [7, 11) is 0. The van der Waals surface area contributed by atoms with Gasteiger partial charge in [0.05, 0.1) is 0 Å². The molecule has 0 heterocycles. The van der Waals surface area contributed by atoms with Gasteiger partial charge in [-0.15, -0.1) is 0 Å². The minimum absolute atomic E-state index is 0.920. The molecule has 56 valence electrons. The minimum atomic E-state index is 0.920. The average molecular weight is 152 g/mol. The van der Waals surface area contributed by atoms with E-state index in [-0.39, 0.29) is 0 Å². The highest BCUT2D eigenvalue weighted by atomic mass is 13.9. The molecule has 0 aromatic heterocycles. The lowest BCUT2D eigenvalue weighted by atomic mass is 10.2. The van der Waals surface area contributed by atoms with Gasteiger partial charge in [-0.2, -0.15) is 0 Å². The number of rotatable bonds is 0. The summed E-state index contributed by atoms with van der Waals surface area (Å²) in [6, 6.07) is 0. The van der Waals surface area contributed by atoms with E-state index in [1.807, 2.05) is 0 Å². The monoisotopic (exact) mass is 152 g/mol. The Morgan fingerprint density at radius 2 is 0.917 bits per heavy atom. The SMILES string of the molecule is C1#CC#CCCCCC#CC#C1. The molecule has 1 aliphatic rings. The summed E-state index contributed by atoms with van der Waals surface area (Å²) in [4.78, 5) is 0. The molecule has 0 fully saturated rings. The summed E-state index contributed by atoms with van der Waals surface area (Å²) < 4.78 is 0. The smallest absolute Gasteiger partial charge is 0.00992 e. The van der Waals surface area contributed by atoms with Gasteiger partial charge in [0.2, 0.25) is 0 Å². The topological polar surface area (TPSA) is 0 Å². The van der Waals surface area contributed by atoms with Crippen LogP contribution < -0.4 is 0 Å². The van der Waals surface area contributed by atoms with Gasteiger partial charge in [-0.1, -0.05) is 11.8 Å². The summed E-state index contributed by atoms with van der Waals surface area (Å²) >= 11 is 0.